The third-order valence-electron chi connectivity index (χ3n) is 1.32. The second kappa shape index (κ2) is 3.10. The highest BCUT2D eigenvalue weighted by atomic mass is 15.1. The Morgan fingerprint density at radius 3 is 3.20 bits per heavy atom. The molecule has 0 aromatic carbocycles. The van der Waals surface area contributed by atoms with Crippen molar-refractivity contribution in [2.24, 2.45) is 15.9 Å². The molecule has 0 saturated heterocycles. The summed E-state index contributed by atoms with van der Waals surface area (Å²) in [6.45, 7) is 2.75. The summed E-state index contributed by atoms with van der Waals surface area (Å²) in [7, 11) is 0. The van der Waals surface area contributed by atoms with Crippen LogP contribution in [0.5, 0.6) is 0 Å². The lowest BCUT2D eigenvalue weighted by molar-refractivity contribution is -0.455. The largest absolute Gasteiger partial charge is 0.338 e. The smallest absolute Gasteiger partial charge is 0.323 e. The van der Waals surface area contributed by atoms with Crippen LogP contribution in [-0.2, 0) is 0 Å². The number of nitrogens with one attached hydrogen (secondary N) is 1. The van der Waals surface area contributed by atoms with Crippen molar-refractivity contribution in [3.8, 4) is 0 Å². The number of amidine groups is 1. The van der Waals surface area contributed by atoms with E-state index in [1.54, 1.807) is 0 Å². The molecule has 0 aromatic heterocycles. The third kappa shape index (κ3) is 1.40. The summed E-state index contributed by atoms with van der Waals surface area (Å²) in [6, 6.07) is 0. The molecule has 0 radical (unpaired) electrons. The zero-order valence-electron chi connectivity index (χ0n) is 5.96. The minimum absolute atomic E-state index is 0.746. The number of hydrogen-bond donors (Lipinski definition) is 2. The van der Waals surface area contributed by atoms with E-state index < -0.39 is 0 Å². The lowest BCUT2D eigenvalue weighted by Crippen LogP contribution is -2.75. The summed E-state index contributed by atoms with van der Waals surface area (Å²) in [5, 5.41) is 3.52. The van der Waals surface area contributed by atoms with E-state index in [1.807, 2.05) is 13.1 Å². The Kier molecular flexibility index (Phi) is 2.15. The molecule has 1 rings (SSSR count). The van der Waals surface area contributed by atoms with Gasteiger partial charge < -0.3 is 5.84 Å². The zero-order chi connectivity index (χ0) is 7.40. The van der Waals surface area contributed by atoms with E-state index in [9.17, 15) is 0 Å². The SMILES string of the molecule is CC(=NN)C1=[NH+]CCC=N1. The van der Waals surface area contributed by atoms with Gasteiger partial charge in [-0.25, -0.2) is 0 Å². The van der Waals surface area contributed by atoms with Gasteiger partial charge in [-0.15, -0.1) is 0 Å². The predicted octanol–water partition coefficient (Wildman–Crippen LogP) is -1.73. The third-order valence-corrected chi connectivity index (χ3v) is 1.32. The maximum Gasteiger partial charge on any atom is 0.338 e. The minimum atomic E-state index is 0.746. The van der Waals surface area contributed by atoms with Crippen molar-refractivity contribution in [1.29, 1.82) is 0 Å². The standard InChI is InChI=1S/C6H10N4/c1-5(10-7)6-8-3-2-4-9-6/h3H,2,4,7H2,1H3/p+1. The molecule has 1 heterocycles. The Hall–Kier alpha value is -1.19. The number of nitrogens with zero attached hydrogens (tertiary/aromatic N) is 2. The molecule has 0 unspecified atom stereocenters. The van der Waals surface area contributed by atoms with Crippen LogP contribution in [0.1, 0.15) is 13.3 Å². The van der Waals surface area contributed by atoms with Gasteiger partial charge in [0.2, 0.25) is 0 Å². The highest BCUT2D eigenvalue weighted by Crippen LogP contribution is 1.80. The molecule has 0 aliphatic carbocycles. The summed E-state index contributed by atoms with van der Waals surface area (Å²) < 4.78 is 0. The quantitative estimate of drug-likeness (QED) is 0.253. The van der Waals surface area contributed by atoms with Gasteiger partial charge in [0.15, 0.2) is 0 Å². The molecule has 0 spiro atoms. The molecular formula is C6H11N4+. The molecule has 4 heteroatoms. The number of nitrogens with two attached hydrogens (primary N) is 1. The van der Waals surface area contributed by atoms with Crippen molar-refractivity contribution >= 4 is 17.8 Å². The van der Waals surface area contributed by atoms with E-state index in [1.165, 1.54) is 0 Å². The molecule has 54 valence electrons. The first kappa shape index (κ1) is 6.92. The van der Waals surface area contributed by atoms with Crippen LogP contribution < -0.4 is 10.8 Å². The Balaban J connectivity index is 2.72. The molecule has 0 bridgehead atoms. The average molecular weight is 139 g/mol. The number of rotatable bonds is 1. The van der Waals surface area contributed by atoms with E-state index in [0.717, 1.165) is 24.5 Å². The van der Waals surface area contributed by atoms with Crippen LogP contribution in [0.25, 0.3) is 0 Å². The lowest BCUT2D eigenvalue weighted by Gasteiger charge is -1.94. The van der Waals surface area contributed by atoms with Crippen molar-refractivity contribution in [3.63, 3.8) is 0 Å². The van der Waals surface area contributed by atoms with Crippen molar-refractivity contribution < 1.29 is 4.99 Å². The number of aliphatic imine (C=N–C) groups is 1. The maximum atomic E-state index is 5.06. The van der Waals surface area contributed by atoms with Crippen LogP contribution in [0.15, 0.2) is 10.1 Å². The van der Waals surface area contributed by atoms with Gasteiger partial charge in [-0.05, 0) is 6.92 Å². The fraction of sp³-hybridized carbons (Fsp3) is 0.500. The second-order valence-corrected chi connectivity index (χ2v) is 2.09. The highest BCUT2D eigenvalue weighted by Gasteiger charge is 2.11. The molecule has 1 aliphatic rings. The van der Waals surface area contributed by atoms with E-state index in [2.05, 4.69) is 15.1 Å². The van der Waals surface area contributed by atoms with Gasteiger partial charge in [-0.3, -0.25) is 4.99 Å². The van der Waals surface area contributed by atoms with E-state index in [4.69, 9.17) is 5.84 Å². The van der Waals surface area contributed by atoms with Crippen molar-refractivity contribution in [3.05, 3.63) is 0 Å². The fourth-order valence-electron chi connectivity index (χ4n) is 0.739. The monoisotopic (exact) mass is 139 g/mol. The molecular weight excluding hydrogens is 128 g/mol. The predicted molar refractivity (Wildman–Crippen MR) is 41.2 cm³/mol. The summed E-state index contributed by atoms with van der Waals surface area (Å²) in [5.74, 6) is 5.84. The van der Waals surface area contributed by atoms with Crippen molar-refractivity contribution in [2.45, 2.75) is 13.3 Å². The highest BCUT2D eigenvalue weighted by molar-refractivity contribution is 6.39. The van der Waals surface area contributed by atoms with Crippen LogP contribution >= 0.6 is 0 Å². The van der Waals surface area contributed by atoms with Crippen LogP contribution in [0.2, 0.25) is 0 Å². The molecule has 0 aromatic rings. The Morgan fingerprint density at radius 1 is 1.90 bits per heavy atom. The first-order chi connectivity index (χ1) is 4.84. The van der Waals surface area contributed by atoms with Gasteiger partial charge in [0.25, 0.3) is 0 Å². The van der Waals surface area contributed by atoms with Gasteiger partial charge in [0.05, 0.1) is 6.54 Å². The van der Waals surface area contributed by atoms with Gasteiger partial charge >= 0.3 is 5.84 Å². The van der Waals surface area contributed by atoms with Gasteiger partial charge in [-0.2, -0.15) is 5.10 Å². The summed E-state index contributed by atoms with van der Waals surface area (Å²) in [6.07, 6.45) is 2.84. The molecule has 1 aliphatic heterocycles. The van der Waals surface area contributed by atoms with E-state index in [0.29, 0.717) is 0 Å². The fourth-order valence-corrected chi connectivity index (χ4v) is 0.739. The maximum absolute atomic E-state index is 5.06. The van der Waals surface area contributed by atoms with Crippen LogP contribution in [0.3, 0.4) is 0 Å². The number of hydrogen-bond acceptors (Lipinski definition) is 3. The van der Waals surface area contributed by atoms with Crippen LogP contribution in [0.4, 0.5) is 0 Å². The van der Waals surface area contributed by atoms with Gasteiger partial charge in [0.1, 0.15) is 11.9 Å². The molecule has 4 nitrogen and oxygen atoms in total. The topological polar surface area (TPSA) is 64.7 Å². The molecule has 10 heavy (non-hydrogen) atoms. The normalized spacial score (nSPS) is 18.9. The lowest BCUT2D eigenvalue weighted by atomic mass is 10.3. The average Bonchev–Trinajstić information content (AvgIpc) is 2.05. The Bertz CT molecular complexity index is 202. The summed E-state index contributed by atoms with van der Waals surface area (Å²) in [5.41, 5.74) is 0.746. The van der Waals surface area contributed by atoms with Gasteiger partial charge in [-0.1, -0.05) is 4.99 Å². The molecule has 3 N–H and O–H groups in total. The van der Waals surface area contributed by atoms with Crippen LogP contribution in [0, 0.1) is 0 Å². The van der Waals surface area contributed by atoms with Gasteiger partial charge in [0, 0.05) is 6.42 Å². The minimum Gasteiger partial charge on any atom is -0.323 e. The first-order valence-corrected chi connectivity index (χ1v) is 3.23. The van der Waals surface area contributed by atoms with Crippen molar-refractivity contribution in [1.82, 2.24) is 0 Å². The first-order valence-electron chi connectivity index (χ1n) is 3.23. The molecule has 0 saturated carbocycles. The molecule has 0 atom stereocenters. The summed E-state index contributed by atoms with van der Waals surface area (Å²) in [4.78, 5) is 7.15. The number of hydrazone groups is 1. The van der Waals surface area contributed by atoms with Crippen LogP contribution in [-0.4, -0.2) is 24.3 Å². The van der Waals surface area contributed by atoms with E-state index >= 15 is 0 Å². The van der Waals surface area contributed by atoms with E-state index in [-0.39, 0.29) is 0 Å². The Morgan fingerprint density at radius 2 is 2.70 bits per heavy atom. The Labute approximate surface area is 59.6 Å². The zero-order valence-corrected chi connectivity index (χ0v) is 5.96. The second-order valence-electron chi connectivity index (χ2n) is 2.09. The summed E-state index contributed by atoms with van der Waals surface area (Å²) >= 11 is 0. The molecule has 0 amide bonds. The van der Waals surface area contributed by atoms with Crippen molar-refractivity contribution in [2.75, 3.05) is 6.54 Å². The molecule has 0 fully saturated rings.